The van der Waals surface area contributed by atoms with Crippen LogP contribution in [0.4, 0.5) is 0 Å². The van der Waals surface area contributed by atoms with Crippen LogP contribution in [-0.2, 0) is 32.8 Å². The maximum atomic E-state index is 12.0. The first-order chi connectivity index (χ1) is 18.7. The SMILES string of the molecule is COc1ccc(C[C@]2(CCC(N)=O)c3cc(OC)c(OC)cc3CCN2C(C)(C)C)cc1OC.O=C(O)C(=O)O. The van der Waals surface area contributed by atoms with E-state index in [1.807, 2.05) is 12.1 Å². The van der Waals surface area contributed by atoms with Gasteiger partial charge in [0.25, 0.3) is 0 Å². The lowest BCUT2D eigenvalue weighted by Gasteiger charge is -2.55. The van der Waals surface area contributed by atoms with Crippen LogP contribution in [0.2, 0.25) is 0 Å². The molecule has 1 amide bonds. The Balaban J connectivity index is 0.000000840. The smallest absolute Gasteiger partial charge is 0.414 e. The number of hydrogen-bond donors (Lipinski definition) is 3. The number of carbonyl (C=O) groups is 3. The molecule has 220 valence electrons. The summed E-state index contributed by atoms with van der Waals surface area (Å²) in [4.78, 5) is 32.7. The molecule has 0 spiro atoms. The summed E-state index contributed by atoms with van der Waals surface area (Å²) < 4.78 is 22.3. The molecular formula is C29H40N2O9. The first-order valence-corrected chi connectivity index (χ1v) is 12.7. The summed E-state index contributed by atoms with van der Waals surface area (Å²) in [6.07, 6.45) is 2.39. The number of benzene rings is 2. The topological polar surface area (TPSA) is 158 Å². The molecule has 11 nitrogen and oxygen atoms in total. The van der Waals surface area contributed by atoms with Crippen LogP contribution in [0.1, 0.15) is 50.3 Å². The number of fused-ring (bicyclic) bond motifs is 1. The Hall–Kier alpha value is -3.99. The van der Waals surface area contributed by atoms with Crippen LogP contribution in [0.15, 0.2) is 30.3 Å². The van der Waals surface area contributed by atoms with Gasteiger partial charge in [0.05, 0.1) is 34.0 Å². The molecule has 0 fully saturated rings. The van der Waals surface area contributed by atoms with Gasteiger partial charge in [-0.25, -0.2) is 9.59 Å². The zero-order valence-electron chi connectivity index (χ0n) is 24.2. The van der Waals surface area contributed by atoms with E-state index in [0.717, 1.165) is 24.1 Å². The van der Waals surface area contributed by atoms with Gasteiger partial charge in [0.2, 0.25) is 5.91 Å². The van der Waals surface area contributed by atoms with Crippen molar-refractivity contribution >= 4 is 17.8 Å². The highest BCUT2D eigenvalue weighted by Gasteiger charge is 2.47. The Morgan fingerprint density at radius 1 is 0.875 bits per heavy atom. The fraction of sp³-hybridized carbons (Fsp3) is 0.483. The van der Waals surface area contributed by atoms with E-state index in [1.165, 1.54) is 5.56 Å². The first kappa shape index (κ1) is 32.2. The van der Waals surface area contributed by atoms with Crippen molar-refractivity contribution in [1.29, 1.82) is 0 Å². The van der Waals surface area contributed by atoms with E-state index in [0.29, 0.717) is 35.8 Å². The second kappa shape index (κ2) is 13.4. The minimum Gasteiger partial charge on any atom is -0.493 e. The van der Waals surface area contributed by atoms with E-state index in [-0.39, 0.29) is 17.9 Å². The standard InChI is InChI=1S/C27H38N2O5.C2H2O4/c1-26(2,3)29-13-11-19-15-23(33-6)24(34-7)16-20(19)27(29,12-10-25(28)30)17-18-8-9-21(31-4)22(14-18)32-5;3-1(4)2(5)6/h8-9,14-16H,10-13,17H2,1-7H3,(H2,28,30);(H,3,4)(H,5,6)/t27-;/m1./s1. The number of nitrogens with two attached hydrogens (primary N) is 1. The molecule has 0 aliphatic carbocycles. The fourth-order valence-corrected chi connectivity index (χ4v) is 5.34. The molecule has 1 atom stereocenters. The Morgan fingerprint density at radius 3 is 1.88 bits per heavy atom. The lowest BCUT2D eigenvalue weighted by atomic mass is 9.71. The lowest BCUT2D eigenvalue weighted by Crippen LogP contribution is -2.59. The molecule has 0 unspecified atom stereocenters. The van der Waals surface area contributed by atoms with Crippen LogP contribution in [0.25, 0.3) is 0 Å². The maximum absolute atomic E-state index is 12.0. The number of hydrogen-bond acceptors (Lipinski definition) is 8. The third-order valence-corrected chi connectivity index (χ3v) is 6.95. The van der Waals surface area contributed by atoms with E-state index in [2.05, 4.69) is 43.9 Å². The van der Waals surface area contributed by atoms with Crippen LogP contribution in [0.3, 0.4) is 0 Å². The highest BCUT2D eigenvalue weighted by molar-refractivity contribution is 6.27. The van der Waals surface area contributed by atoms with Gasteiger partial charge in [-0.2, -0.15) is 0 Å². The Morgan fingerprint density at radius 2 is 1.40 bits per heavy atom. The summed E-state index contributed by atoms with van der Waals surface area (Å²) in [5, 5.41) is 14.8. The summed E-state index contributed by atoms with van der Waals surface area (Å²) in [6.45, 7) is 7.49. The Kier molecular flexibility index (Phi) is 10.8. The molecule has 0 saturated heterocycles. The van der Waals surface area contributed by atoms with Gasteiger partial charge in [-0.1, -0.05) is 6.07 Å². The van der Waals surface area contributed by atoms with Crippen molar-refractivity contribution in [2.75, 3.05) is 35.0 Å². The molecule has 0 radical (unpaired) electrons. The van der Waals surface area contributed by atoms with E-state index < -0.39 is 17.5 Å². The molecule has 2 aromatic rings. The average Bonchev–Trinajstić information content (AvgIpc) is 2.90. The number of aliphatic carboxylic acids is 2. The summed E-state index contributed by atoms with van der Waals surface area (Å²) in [7, 11) is 6.57. The molecule has 2 aromatic carbocycles. The van der Waals surface area contributed by atoms with Crippen LogP contribution in [0, 0.1) is 0 Å². The van der Waals surface area contributed by atoms with Crippen LogP contribution >= 0.6 is 0 Å². The molecular weight excluding hydrogens is 520 g/mol. The molecule has 0 aromatic heterocycles. The Labute approximate surface area is 234 Å². The lowest BCUT2D eigenvalue weighted by molar-refractivity contribution is -0.159. The highest BCUT2D eigenvalue weighted by Crippen LogP contribution is 2.48. The van der Waals surface area contributed by atoms with Crippen molar-refractivity contribution < 1.29 is 43.5 Å². The third kappa shape index (κ3) is 7.35. The molecule has 4 N–H and O–H groups in total. The number of nitrogens with zero attached hydrogens (tertiary/aromatic N) is 1. The quantitative estimate of drug-likeness (QED) is 0.389. The van der Waals surface area contributed by atoms with Gasteiger partial charge in [0.1, 0.15) is 0 Å². The number of carbonyl (C=O) groups excluding carboxylic acids is 1. The molecule has 1 heterocycles. The highest BCUT2D eigenvalue weighted by atomic mass is 16.5. The largest absolute Gasteiger partial charge is 0.493 e. The van der Waals surface area contributed by atoms with E-state index in [9.17, 15) is 4.79 Å². The zero-order chi connectivity index (χ0) is 30.3. The first-order valence-electron chi connectivity index (χ1n) is 12.7. The summed E-state index contributed by atoms with van der Waals surface area (Å²) in [6, 6.07) is 10.1. The zero-order valence-corrected chi connectivity index (χ0v) is 24.2. The molecule has 0 saturated carbocycles. The van der Waals surface area contributed by atoms with Crippen molar-refractivity contribution in [2.45, 2.75) is 57.5 Å². The second-order valence-electron chi connectivity index (χ2n) is 10.4. The molecule has 1 aliphatic rings. The van der Waals surface area contributed by atoms with Crippen LogP contribution in [-0.4, -0.2) is 73.5 Å². The Bertz CT molecular complexity index is 1210. The van der Waals surface area contributed by atoms with Crippen molar-refractivity contribution in [3.63, 3.8) is 0 Å². The average molecular weight is 561 g/mol. The minimum atomic E-state index is -1.82. The second-order valence-corrected chi connectivity index (χ2v) is 10.4. The molecule has 3 rings (SSSR count). The van der Waals surface area contributed by atoms with Crippen molar-refractivity contribution in [1.82, 2.24) is 4.90 Å². The minimum absolute atomic E-state index is 0.154. The maximum Gasteiger partial charge on any atom is 0.414 e. The third-order valence-electron chi connectivity index (χ3n) is 6.95. The molecule has 0 bridgehead atoms. The summed E-state index contributed by atoms with van der Waals surface area (Å²) in [5.41, 5.74) is 8.46. The van der Waals surface area contributed by atoms with E-state index in [1.54, 1.807) is 28.4 Å². The normalized spacial score (nSPS) is 16.6. The van der Waals surface area contributed by atoms with Gasteiger partial charge in [-0.05, 0) is 81.0 Å². The predicted molar refractivity (Wildman–Crippen MR) is 148 cm³/mol. The molecule has 1 aliphatic heterocycles. The number of ether oxygens (including phenoxy) is 4. The fourth-order valence-electron chi connectivity index (χ4n) is 5.34. The monoisotopic (exact) mass is 560 g/mol. The number of carboxylic acids is 2. The van der Waals surface area contributed by atoms with Crippen LogP contribution < -0.4 is 24.7 Å². The van der Waals surface area contributed by atoms with Crippen LogP contribution in [0.5, 0.6) is 23.0 Å². The van der Waals surface area contributed by atoms with Crippen molar-refractivity contribution in [2.24, 2.45) is 5.73 Å². The van der Waals surface area contributed by atoms with Gasteiger partial charge in [0.15, 0.2) is 23.0 Å². The number of rotatable bonds is 9. The molecule has 11 heteroatoms. The van der Waals surface area contributed by atoms with Gasteiger partial charge < -0.3 is 34.9 Å². The van der Waals surface area contributed by atoms with Crippen molar-refractivity contribution in [3.8, 4) is 23.0 Å². The molecule has 40 heavy (non-hydrogen) atoms. The van der Waals surface area contributed by atoms with Gasteiger partial charge >= 0.3 is 11.9 Å². The number of primary amides is 1. The summed E-state index contributed by atoms with van der Waals surface area (Å²) in [5.74, 6) is -1.22. The van der Waals surface area contributed by atoms with E-state index in [4.69, 9.17) is 44.5 Å². The van der Waals surface area contributed by atoms with Crippen molar-refractivity contribution in [3.05, 3.63) is 47.0 Å². The number of amides is 1. The van der Waals surface area contributed by atoms with E-state index >= 15 is 0 Å². The predicted octanol–water partition coefficient (Wildman–Crippen LogP) is 3.24. The summed E-state index contributed by atoms with van der Waals surface area (Å²) >= 11 is 0. The number of carboxylic acid groups (broad SMARTS) is 2. The van der Waals surface area contributed by atoms with Gasteiger partial charge in [0, 0.05) is 18.5 Å². The number of methoxy groups -OCH3 is 4. The van der Waals surface area contributed by atoms with Gasteiger partial charge in [-0.3, -0.25) is 9.69 Å². The van der Waals surface area contributed by atoms with Gasteiger partial charge in [-0.15, -0.1) is 0 Å².